The Morgan fingerprint density at radius 2 is 2.44 bits per heavy atom. The van der Waals surface area contributed by atoms with Gasteiger partial charge in [-0.3, -0.25) is 4.99 Å². The average molecular weight is 239 g/mol. The lowest BCUT2D eigenvalue weighted by atomic mass is 10.2. The number of hydrogen-bond acceptors (Lipinski definition) is 4. The zero-order chi connectivity index (χ0) is 11.5. The zero-order valence-electron chi connectivity index (χ0n) is 8.64. The van der Waals surface area contributed by atoms with Gasteiger partial charge in [-0.25, -0.2) is 9.18 Å². The van der Waals surface area contributed by atoms with E-state index in [0.717, 1.165) is 0 Å². The van der Waals surface area contributed by atoms with Crippen molar-refractivity contribution in [1.82, 2.24) is 0 Å². The number of carbonyl (C=O) groups is 1. The van der Waals surface area contributed by atoms with Crippen LogP contribution in [0.4, 0.5) is 4.39 Å². The first-order valence-corrected chi connectivity index (χ1v) is 5.73. The van der Waals surface area contributed by atoms with Crippen LogP contribution in [0.1, 0.15) is 5.56 Å². The van der Waals surface area contributed by atoms with Crippen LogP contribution in [0.3, 0.4) is 0 Å². The first-order chi connectivity index (χ1) is 7.70. The van der Waals surface area contributed by atoms with Crippen molar-refractivity contribution >= 4 is 22.8 Å². The van der Waals surface area contributed by atoms with Crippen molar-refractivity contribution < 1.29 is 13.9 Å². The molecular formula is C11H10FNO2S. The molecule has 0 spiro atoms. The van der Waals surface area contributed by atoms with E-state index in [9.17, 15) is 9.18 Å². The molecule has 0 saturated heterocycles. The van der Waals surface area contributed by atoms with E-state index in [1.165, 1.54) is 31.0 Å². The molecule has 2 rings (SSSR count). The zero-order valence-corrected chi connectivity index (χ0v) is 9.46. The summed E-state index contributed by atoms with van der Waals surface area (Å²) >= 11 is 1.44. The third-order valence-electron chi connectivity index (χ3n) is 2.20. The molecule has 1 unspecified atom stereocenters. The summed E-state index contributed by atoms with van der Waals surface area (Å²) < 4.78 is 17.6. The first kappa shape index (κ1) is 11.1. The van der Waals surface area contributed by atoms with Gasteiger partial charge in [0.05, 0.1) is 12.2 Å². The fourth-order valence-corrected chi connectivity index (χ4v) is 2.43. The number of rotatable bonds is 2. The Bertz CT molecular complexity index is 447. The Morgan fingerprint density at radius 1 is 1.62 bits per heavy atom. The standard InChI is InChI=1S/C11H10FNO2S/c1-15-11(14)9-6-16-10(13-9)7-3-2-4-8(12)5-7/h2-5,9H,6H2,1H3. The van der Waals surface area contributed by atoms with E-state index >= 15 is 0 Å². The summed E-state index contributed by atoms with van der Waals surface area (Å²) in [7, 11) is 1.34. The second kappa shape index (κ2) is 4.65. The minimum Gasteiger partial charge on any atom is -0.467 e. The summed E-state index contributed by atoms with van der Waals surface area (Å²) in [6.07, 6.45) is 0. The maximum absolute atomic E-state index is 13.0. The number of aliphatic imine (C=N–C) groups is 1. The summed E-state index contributed by atoms with van der Waals surface area (Å²) in [5, 5.41) is 0.690. The molecule has 0 saturated carbocycles. The van der Waals surface area contributed by atoms with Gasteiger partial charge in [0.25, 0.3) is 0 Å². The molecule has 1 atom stereocenters. The smallest absolute Gasteiger partial charge is 0.331 e. The van der Waals surface area contributed by atoms with Crippen LogP contribution >= 0.6 is 11.8 Å². The highest BCUT2D eigenvalue weighted by Gasteiger charge is 2.26. The lowest BCUT2D eigenvalue weighted by molar-refractivity contribution is -0.141. The van der Waals surface area contributed by atoms with Gasteiger partial charge in [0.15, 0.2) is 6.04 Å². The van der Waals surface area contributed by atoms with E-state index in [2.05, 4.69) is 9.73 Å². The quantitative estimate of drug-likeness (QED) is 0.739. The Kier molecular flexibility index (Phi) is 3.24. The molecule has 1 aromatic rings. The highest BCUT2D eigenvalue weighted by Crippen LogP contribution is 2.24. The molecule has 0 amide bonds. The van der Waals surface area contributed by atoms with Crippen molar-refractivity contribution in [2.24, 2.45) is 4.99 Å². The van der Waals surface area contributed by atoms with Crippen LogP contribution in [0, 0.1) is 5.82 Å². The van der Waals surface area contributed by atoms with E-state index in [0.29, 0.717) is 16.4 Å². The van der Waals surface area contributed by atoms with Gasteiger partial charge in [0.2, 0.25) is 0 Å². The number of hydrogen-bond donors (Lipinski definition) is 0. The fraction of sp³-hybridized carbons (Fsp3) is 0.273. The van der Waals surface area contributed by atoms with Gasteiger partial charge in [0, 0.05) is 11.3 Å². The molecule has 3 nitrogen and oxygen atoms in total. The Morgan fingerprint density at radius 3 is 3.12 bits per heavy atom. The van der Waals surface area contributed by atoms with Gasteiger partial charge < -0.3 is 4.74 Å². The van der Waals surface area contributed by atoms with Crippen LogP contribution in [-0.4, -0.2) is 29.9 Å². The van der Waals surface area contributed by atoms with Crippen molar-refractivity contribution in [3.63, 3.8) is 0 Å². The van der Waals surface area contributed by atoms with Crippen LogP contribution in [0.5, 0.6) is 0 Å². The molecule has 1 aromatic carbocycles. The second-order valence-electron chi connectivity index (χ2n) is 3.29. The number of ether oxygens (including phenoxy) is 1. The molecule has 5 heteroatoms. The molecular weight excluding hydrogens is 229 g/mol. The number of halogens is 1. The minimum absolute atomic E-state index is 0.303. The van der Waals surface area contributed by atoms with E-state index in [4.69, 9.17) is 0 Å². The number of thioether (sulfide) groups is 1. The Hall–Kier alpha value is -1.36. The maximum Gasteiger partial charge on any atom is 0.331 e. The van der Waals surface area contributed by atoms with Gasteiger partial charge >= 0.3 is 5.97 Å². The third-order valence-corrected chi connectivity index (χ3v) is 3.29. The summed E-state index contributed by atoms with van der Waals surface area (Å²) in [6, 6.07) is 5.72. The van der Waals surface area contributed by atoms with Gasteiger partial charge in [0.1, 0.15) is 5.82 Å². The lowest BCUT2D eigenvalue weighted by Gasteiger charge is -2.00. The lowest BCUT2D eigenvalue weighted by Crippen LogP contribution is -2.19. The number of nitrogens with zero attached hydrogens (tertiary/aromatic N) is 1. The van der Waals surface area contributed by atoms with Gasteiger partial charge in [-0.15, -0.1) is 11.8 Å². The number of methoxy groups -OCH3 is 1. The van der Waals surface area contributed by atoms with E-state index in [1.807, 2.05) is 0 Å². The van der Waals surface area contributed by atoms with Crippen molar-refractivity contribution in [3.8, 4) is 0 Å². The van der Waals surface area contributed by atoms with Crippen molar-refractivity contribution in [3.05, 3.63) is 35.6 Å². The highest BCUT2D eigenvalue weighted by atomic mass is 32.2. The number of esters is 1. The predicted molar refractivity (Wildman–Crippen MR) is 61.2 cm³/mol. The van der Waals surface area contributed by atoms with Crippen LogP contribution in [0.2, 0.25) is 0 Å². The molecule has 1 heterocycles. The molecule has 0 radical (unpaired) electrons. The predicted octanol–water partition coefficient (Wildman–Crippen LogP) is 1.86. The topological polar surface area (TPSA) is 38.7 Å². The molecule has 16 heavy (non-hydrogen) atoms. The average Bonchev–Trinajstić information content (AvgIpc) is 2.77. The van der Waals surface area contributed by atoms with Gasteiger partial charge in [-0.2, -0.15) is 0 Å². The van der Waals surface area contributed by atoms with Crippen LogP contribution < -0.4 is 0 Å². The summed E-state index contributed by atoms with van der Waals surface area (Å²) in [5.41, 5.74) is 0.705. The molecule has 1 aliphatic heterocycles. The highest BCUT2D eigenvalue weighted by molar-refractivity contribution is 8.14. The molecule has 0 fully saturated rings. The first-order valence-electron chi connectivity index (χ1n) is 4.75. The van der Waals surface area contributed by atoms with Gasteiger partial charge in [-0.1, -0.05) is 12.1 Å². The third kappa shape index (κ3) is 2.24. The maximum atomic E-state index is 13.0. The Balaban J connectivity index is 2.21. The van der Waals surface area contributed by atoms with Crippen molar-refractivity contribution in [2.45, 2.75) is 6.04 Å². The fourth-order valence-electron chi connectivity index (χ4n) is 1.41. The second-order valence-corrected chi connectivity index (χ2v) is 4.30. The summed E-state index contributed by atoms with van der Waals surface area (Å²) in [4.78, 5) is 15.4. The number of benzene rings is 1. The van der Waals surface area contributed by atoms with Crippen molar-refractivity contribution in [1.29, 1.82) is 0 Å². The monoisotopic (exact) mass is 239 g/mol. The van der Waals surface area contributed by atoms with Crippen molar-refractivity contribution in [2.75, 3.05) is 12.9 Å². The van der Waals surface area contributed by atoms with E-state index in [1.54, 1.807) is 12.1 Å². The van der Waals surface area contributed by atoms with E-state index < -0.39 is 6.04 Å². The van der Waals surface area contributed by atoms with Crippen LogP contribution in [0.25, 0.3) is 0 Å². The van der Waals surface area contributed by atoms with E-state index in [-0.39, 0.29) is 11.8 Å². The minimum atomic E-state index is -0.465. The molecule has 84 valence electrons. The largest absolute Gasteiger partial charge is 0.467 e. The molecule has 0 aromatic heterocycles. The molecule has 1 aliphatic rings. The SMILES string of the molecule is COC(=O)C1CSC(c2cccc(F)c2)=N1. The summed E-state index contributed by atoms with van der Waals surface area (Å²) in [5.74, 6) is -0.0976. The normalized spacial score (nSPS) is 19.4. The molecule has 0 aliphatic carbocycles. The van der Waals surface area contributed by atoms with Gasteiger partial charge in [-0.05, 0) is 12.1 Å². The molecule has 0 N–H and O–H groups in total. The Labute approximate surface area is 96.7 Å². The summed E-state index contributed by atoms with van der Waals surface area (Å²) in [6.45, 7) is 0. The molecule has 0 bridgehead atoms. The van der Waals surface area contributed by atoms with Crippen LogP contribution in [0.15, 0.2) is 29.3 Å². The number of carbonyl (C=O) groups excluding carboxylic acids is 1. The van der Waals surface area contributed by atoms with Crippen LogP contribution in [-0.2, 0) is 9.53 Å².